The topological polar surface area (TPSA) is 17.3 Å². The molecule has 0 saturated heterocycles. The summed E-state index contributed by atoms with van der Waals surface area (Å²) in [5.74, 6) is 0. The molecule has 0 aliphatic heterocycles. The Morgan fingerprint density at radius 1 is 0.905 bits per heavy atom. The molecule has 0 fully saturated rings. The lowest BCUT2D eigenvalue weighted by Crippen LogP contribution is -2.15. The molecule has 0 amide bonds. The van der Waals surface area contributed by atoms with Gasteiger partial charge in [-0.2, -0.15) is 0 Å². The van der Waals surface area contributed by atoms with Gasteiger partial charge in [-0.1, -0.05) is 45.0 Å². The van der Waals surface area contributed by atoms with Gasteiger partial charge in [0.15, 0.2) is 0 Å². The van der Waals surface area contributed by atoms with E-state index in [4.69, 9.17) is 4.98 Å². The maximum Gasteiger partial charge on any atom is 0.0757 e. The van der Waals surface area contributed by atoms with Crippen LogP contribution in [-0.4, -0.2) is 9.38 Å². The van der Waals surface area contributed by atoms with Crippen LogP contribution < -0.4 is 0 Å². The van der Waals surface area contributed by atoms with Gasteiger partial charge in [0, 0.05) is 27.9 Å². The summed E-state index contributed by atoms with van der Waals surface area (Å²) in [5, 5.41) is 2.51. The van der Waals surface area contributed by atoms with Crippen LogP contribution >= 0.6 is 0 Å². The molecule has 0 saturated carbocycles. The van der Waals surface area contributed by atoms with Crippen LogP contribution in [0.1, 0.15) is 26.5 Å². The molecule has 0 spiro atoms. The van der Waals surface area contributed by atoms with Gasteiger partial charge in [0.05, 0.1) is 16.7 Å². The van der Waals surface area contributed by atoms with E-state index < -0.39 is 0 Å². The summed E-state index contributed by atoms with van der Waals surface area (Å²) in [6, 6.07) is 17.0. The van der Waals surface area contributed by atoms with Crippen molar-refractivity contribution in [3.63, 3.8) is 0 Å². The first kappa shape index (κ1) is 12.4. The van der Waals surface area contributed by atoms with Gasteiger partial charge in [0.2, 0.25) is 0 Å². The minimum Gasteiger partial charge on any atom is -0.315 e. The third-order valence-electron chi connectivity index (χ3n) is 4.04. The number of aromatic nitrogens is 2. The van der Waals surface area contributed by atoms with E-state index in [-0.39, 0.29) is 5.41 Å². The first-order chi connectivity index (χ1) is 10.1. The molecule has 21 heavy (non-hydrogen) atoms. The molecule has 2 nitrogen and oxygen atoms in total. The molecule has 3 heterocycles. The monoisotopic (exact) mass is 274 g/mol. The van der Waals surface area contributed by atoms with Crippen molar-refractivity contribution in [1.29, 1.82) is 0 Å². The molecule has 4 rings (SSSR count). The average molecular weight is 274 g/mol. The minimum absolute atomic E-state index is 0.00636. The van der Waals surface area contributed by atoms with Crippen LogP contribution in [0.5, 0.6) is 0 Å². The van der Waals surface area contributed by atoms with Crippen molar-refractivity contribution in [2.75, 3.05) is 0 Å². The van der Waals surface area contributed by atoms with Crippen LogP contribution in [0.15, 0.2) is 54.7 Å². The van der Waals surface area contributed by atoms with Crippen molar-refractivity contribution in [1.82, 2.24) is 9.38 Å². The van der Waals surface area contributed by atoms with E-state index in [2.05, 4.69) is 79.9 Å². The number of hydrogen-bond acceptors (Lipinski definition) is 1. The van der Waals surface area contributed by atoms with Crippen molar-refractivity contribution in [2.24, 2.45) is 0 Å². The Labute approximate surface area is 124 Å². The molecular formula is C19H18N2. The molecule has 0 aliphatic carbocycles. The fourth-order valence-corrected chi connectivity index (χ4v) is 3.07. The smallest absolute Gasteiger partial charge is 0.0757 e. The summed E-state index contributed by atoms with van der Waals surface area (Å²) >= 11 is 0. The molecule has 0 radical (unpaired) electrons. The van der Waals surface area contributed by atoms with Gasteiger partial charge in [-0.25, -0.2) is 0 Å². The second-order valence-electron chi connectivity index (χ2n) is 6.63. The molecule has 2 heteroatoms. The van der Waals surface area contributed by atoms with Gasteiger partial charge in [0.25, 0.3) is 0 Å². The lowest BCUT2D eigenvalue weighted by atomic mass is 9.89. The maximum atomic E-state index is 4.98. The van der Waals surface area contributed by atoms with E-state index in [9.17, 15) is 0 Å². The predicted octanol–water partition coefficient (Wildman–Crippen LogP) is 4.94. The van der Waals surface area contributed by atoms with Crippen LogP contribution in [-0.2, 0) is 5.41 Å². The molecule has 1 aromatic carbocycles. The van der Waals surface area contributed by atoms with Crippen LogP contribution in [0.4, 0.5) is 0 Å². The summed E-state index contributed by atoms with van der Waals surface area (Å²) in [5.41, 5.74) is 4.69. The van der Waals surface area contributed by atoms with Crippen LogP contribution in [0.2, 0.25) is 0 Å². The number of fused-ring (bicyclic) bond motifs is 5. The molecular weight excluding hydrogens is 256 g/mol. The van der Waals surface area contributed by atoms with Gasteiger partial charge >= 0.3 is 0 Å². The quantitative estimate of drug-likeness (QED) is 0.444. The molecule has 4 aromatic rings. The Hall–Kier alpha value is -2.35. The summed E-state index contributed by atoms with van der Waals surface area (Å²) in [4.78, 5) is 4.98. The van der Waals surface area contributed by atoms with Gasteiger partial charge in [-0.3, -0.25) is 4.98 Å². The summed E-state index contributed by atoms with van der Waals surface area (Å²) < 4.78 is 2.26. The van der Waals surface area contributed by atoms with Crippen molar-refractivity contribution in [3.8, 4) is 0 Å². The molecule has 0 N–H and O–H groups in total. The van der Waals surface area contributed by atoms with Gasteiger partial charge in [0.1, 0.15) is 0 Å². The minimum atomic E-state index is 0.00636. The number of nitrogens with zero attached hydrogens (tertiary/aromatic N) is 2. The average Bonchev–Trinajstić information content (AvgIpc) is 2.85. The third-order valence-corrected chi connectivity index (χ3v) is 4.04. The lowest BCUT2D eigenvalue weighted by molar-refractivity contribution is 0.576. The zero-order valence-corrected chi connectivity index (χ0v) is 12.6. The first-order valence-electron chi connectivity index (χ1n) is 7.35. The molecule has 0 unspecified atom stereocenters. The summed E-state index contributed by atoms with van der Waals surface area (Å²) in [7, 11) is 0. The number of rotatable bonds is 0. The first-order valence-corrected chi connectivity index (χ1v) is 7.35. The second kappa shape index (κ2) is 4.08. The molecule has 0 bridgehead atoms. The van der Waals surface area contributed by atoms with E-state index in [0.29, 0.717) is 0 Å². The summed E-state index contributed by atoms with van der Waals surface area (Å²) in [6.07, 6.45) is 2.13. The van der Waals surface area contributed by atoms with E-state index in [1.54, 1.807) is 0 Å². The fraction of sp³-hybridized carbons (Fsp3) is 0.211. The highest BCUT2D eigenvalue weighted by atomic mass is 14.9. The van der Waals surface area contributed by atoms with Crippen molar-refractivity contribution in [3.05, 3.63) is 60.4 Å². The maximum absolute atomic E-state index is 4.98. The Bertz CT molecular complexity index is 971. The highest BCUT2D eigenvalue weighted by Crippen LogP contribution is 2.34. The Morgan fingerprint density at radius 3 is 2.48 bits per heavy atom. The lowest BCUT2D eigenvalue weighted by Gasteiger charge is -2.20. The number of pyridine rings is 2. The normalized spacial score (nSPS) is 12.5. The van der Waals surface area contributed by atoms with Crippen LogP contribution in [0, 0.1) is 0 Å². The number of para-hydroxylation sites is 1. The standard InChI is InChI=1S/C19H18N2/c1-19(2,3)18-17-15(12-13-8-6-7-11-21(13)17)14-9-4-5-10-16(14)20-18/h4-12H,1-3H3. The largest absolute Gasteiger partial charge is 0.315 e. The second-order valence-corrected chi connectivity index (χ2v) is 6.63. The van der Waals surface area contributed by atoms with E-state index in [1.165, 1.54) is 21.8 Å². The van der Waals surface area contributed by atoms with Gasteiger partial charge < -0.3 is 4.40 Å². The fourth-order valence-electron chi connectivity index (χ4n) is 3.07. The Morgan fingerprint density at radius 2 is 1.67 bits per heavy atom. The molecule has 104 valence electrons. The zero-order valence-electron chi connectivity index (χ0n) is 12.6. The third kappa shape index (κ3) is 1.75. The Balaban J connectivity index is 2.34. The summed E-state index contributed by atoms with van der Waals surface area (Å²) in [6.45, 7) is 6.68. The van der Waals surface area contributed by atoms with Crippen LogP contribution in [0.3, 0.4) is 0 Å². The molecule has 0 atom stereocenters. The number of benzene rings is 1. The van der Waals surface area contributed by atoms with Gasteiger partial charge in [-0.05, 0) is 24.3 Å². The Kier molecular flexibility index (Phi) is 2.41. The van der Waals surface area contributed by atoms with Gasteiger partial charge in [-0.15, -0.1) is 0 Å². The predicted molar refractivity (Wildman–Crippen MR) is 88.9 cm³/mol. The highest BCUT2D eigenvalue weighted by molar-refractivity contribution is 6.08. The molecule has 3 aromatic heterocycles. The van der Waals surface area contributed by atoms with Crippen LogP contribution in [0.25, 0.3) is 27.3 Å². The van der Waals surface area contributed by atoms with E-state index >= 15 is 0 Å². The van der Waals surface area contributed by atoms with Crippen molar-refractivity contribution < 1.29 is 0 Å². The van der Waals surface area contributed by atoms with E-state index in [0.717, 1.165) is 11.2 Å². The zero-order chi connectivity index (χ0) is 14.6. The van der Waals surface area contributed by atoms with E-state index in [1.807, 2.05) is 0 Å². The number of hydrogen-bond donors (Lipinski definition) is 0. The highest BCUT2D eigenvalue weighted by Gasteiger charge is 2.22. The van der Waals surface area contributed by atoms with Crippen molar-refractivity contribution in [2.45, 2.75) is 26.2 Å². The molecule has 0 aliphatic rings. The SMILES string of the molecule is CC(C)(C)c1nc2ccccc2c2cc3ccccn3c12. The van der Waals surface area contributed by atoms with Crippen molar-refractivity contribution >= 4 is 27.3 Å².